The molecule has 0 spiro atoms. The summed E-state index contributed by atoms with van der Waals surface area (Å²) in [6, 6.07) is 9.37. The number of hydrazine groups is 1. The Bertz CT molecular complexity index is 603. The number of nitrogens with two attached hydrogens (primary N) is 1. The molecule has 2 aromatic rings. The summed E-state index contributed by atoms with van der Waals surface area (Å²) in [5, 5.41) is 8.60. The van der Waals surface area contributed by atoms with Gasteiger partial charge in [0.05, 0.1) is 12.5 Å². The largest absolute Gasteiger partial charge is 0.439 e. The highest BCUT2D eigenvalue weighted by Gasteiger charge is 2.05. The molecule has 0 unspecified atom stereocenters. The Morgan fingerprint density at radius 2 is 2.11 bits per heavy atom. The number of aryl methyl sites for hydroxylation is 1. The number of nitriles is 1. The lowest BCUT2D eigenvalue weighted by Crippen LogP contribution is -2.11. The van der Waals surface area contributed by atoms with Gasteiger partial charge in [0.1, 0.15) is 5.75 Å². The van der Waals surface area contributed by atoms with Crippen molar-refractivity contribution in [3.63, 3.8) is 0 Å². The highest BCUT2D eigenvalue weighted by atomic mass is 16.5. The maximum atomic E-state index is 8.60. The van der Waals surface area contributed by atoms with Crippen LogP contribution < -0.4 is 16.0 Å². The minimum absolute atomic E-state index is 0.293. The smallest absolute Gasteiger partial charge is 0.240 e. The predicted octanol–water partition coefficient (Wildman–Crippen LogP) is 1.93. The third-order valence-electron chi connectivity index (χ3n) is 2.48. The second kappa shape index (κ2) is 5.80. The fourth-order valence-corrected chi connectivity index (χ4v) is 1.48. The molecule has 0 atom stereocenters. The third-order valence-corrected chi connectivity index (χ3v) is 2.48. The van der Waals surface area contributed by atoms with Crippen molar-refractivity contribution in [2.75, 3.05) is 5.43 Å². The van der Waals surface area contributed by atoms with Gasteiger partial charge in [-0.3, -0.25) is 5.43 Å². The van der Waals surface area contributed by atoms with Crippen LogP contribution >= 0.6 is 0 Å². The van der Waals surface area contributed by atoms with Gasteiger partial charge < -0.3 is 4.74 Å². The van der Waals surface area contributed by atoms with Crippen LogP contribution in [0.5, 0.6) is 11.6 Å². The number of nitrogens with zero attached hydrogens (tertiary/aromatic N) is 3. The van der Waals surface area contributed by atoms with Crippen LogP contribution in [0.4, 0.5) is 5.95 Å². The molecule has 0 saturated heterocycles. The van der Waals surface area contributed by atoms with E-state index in [0.29, 0.717) is 24.0 Å². The van der Waals surface area contributed by atoms with Crippen LogP contribution in [0.3, 0.4) is 0 Å². The van der Waals surface area contributed by atoms with Crippen LogP contribution in [0.25, 0.3) is 0 Å². The van der Waals surface area contributed by atoms with Crippen molar-refractivity contribution in [1.82, 2.24) is 9.97 Å². The fourth-order valence-electron chi connectivity index (χ4n) is 1.48. The summed E-state index contributed by atoms with van der Waals surface area (Å²) in [4.78, 5) is 8.10. The molecule has 6 heteroatoms. The Morgan fingerprint density at radius 3 is 2.74 bits per heavy atom. The van der Waals surface area contributed by atoms with Gasteiger partial charge in [-0.1, -0.05) is 12.1 Å². The van der Waals surface area contributed by atoms with E-state index in [2.05, 4.69) is 21.5 Å². The van der Waals surface area contributed by atoms with E-state index in [-0.39, 0.29) is 0 Å². The summed E-state index contributed by atoms with van der Waals surface area (Å²) in [6.45, 7) is 1.85. The van der Waals surface area contributed by atoms with Crippen LogP contribution in [0.1, 0.15) is 11.1 Å². The van der Waals surface area contributed by atoms with E-state index in [1.165, 1.54) is 0 Å². The highest BCUT2D eigenvalue weighted by Crippen LogP contribution is 2.23. The number of benzene rings is 1. The zero-order chi connectivity index (χ0) is 13.7. The van der Waals surface area contributed by atoms with Gasteiger partial charge in [0.25, 0.3) is 0 Å². The lowest BCUT2D eigenvalue weighted by Gasteiger charge is -2.08. The van der Waals surface area contributed by atoms with Crippen molar-refractivity contribution in [3.05, 3.63) is 41.6 Å². The summed E-state index contributed by atoms with van der Waals surface area (Å²) in [5.41, 5.74) is 4.12. The molecule has 1 heterocycles. The van der Waals surface area contributed by atoms with Gasteiger partial charge in [-0.2, -0.15) is 10.2 Å². The zero-order valence-corrected chi connectivity index (χ0v) is 10.4. The second-order valence-electron chi connectivity index (χ2n) is 3.91. The molecule has 0 saturated carbocycles. The minimum Gasteiger partial charge on any atom is -0.439 e. The van der Waals surface area contributed by atoms with Gasteiger partial charge in [0.15, 0.2) is 0 Å². The number of ether oxygens (including phenoxy) is 1. The first-order valence-electron chi connectivity index (χ1n) is 5.67. The number of hydrogen-bond acceptors (Lipinski definition) is 6. The lowest BCUT2D eigenvalue weighted by atomic mass is 10.2. The SMILES string of the molecule is Cc1cnc(NN)nc1Oc1ccc(CC#N)cc1. The molecule has 1 aromatic carbocycles. The van der Waals surface area contributed by atoms with E-state index in [9.17, 15) is 0 Å². The quantitative estimate of drug-likeness (QED) is 0.640. The topological polar surface area (TPSA) is 96.8 Å². The molecule has 0 aliphatic carbocycles. The molecular formula is C13H13N5O. The van der Waals surface area contributed by atoms with Crippen molar-refractivity contribution in [2.45, 2.75) is 13.3 Å². The normalized spacial score (nSPS) is 9.74. The monoisotopic (exact) mass is 255 g/mol. The molecule has 0 aliphatic rings. The van der Waals surface area contributed by atoms with Gasteiger partial charge in [-0.15, -0.1) is 0 Å². The molecule has 0 radical (unpaired) electrons. The van der Waals surface area contributed by atoms with Crippen molar-refractivity contribution >= 4 is 5.95 Å². The first-order chi connectivity index (χ1) is 9.22. The average Bonchev–Trinajstić information content (AvgIpc) is 2.44. The second-order valence-corrected chi connectivity index (χ2v) is 3.91. The first-order valence-corrected chi connectivity index (χ1v) is 5.67. The molecule has 0 fully saturated rings. The molecule has 3 N–H and O–H groups in total. The molecule has 19 heavy (non-hydrogen) atoms. The summed E-state index contributed by atoms with van der Waals surface area (Å²) in [6.07, 6.45) is 2.01. The Hall–Kier alpha value is -2.65. The molecular weight excluding hydrogens is 242 g/mol. The van der Waals surface area contributed by atoms with E-state index in [4.69, 9.17) is 15.8 Å². The van der Waals surface area contributed by atoms with Gasteiger partial charge in [0.2, 0.25) is 11.8 Å². The van der Waals surface area contributed by atoms with E-state index < -0.39 is 0 Å². The van der Waals surface area contributed by atoms with E-state index in [1.54, 1.807) is 18.3 Å². The first kappa shape index (κ1) is 12.8. The summed E-state index contributed by atoms with van der Waals surface area (Å²) >= 11 is 0. The van der Waals surface area contributed by atoms with Crippen LogP contribution in [-0.4, -0.2) is 9.97 Å². The van der Waals surface area contributed by atoms with Crippen molar-refractivity contribution < 1.29 is 4.74 Å². The Labute approximate surface area is 110 Å². The van der Waals surface area contributed by atoms with Gasteiger partial charge in [0, 0.05) is 11.8 Å². The molecule has 2 rings (SSSR count). The lowest BCUT2D eigenvalue weighted by molar-refractivity contribution is 0.458. The highest BCUT2D eigenvalue weighted by molar-refractivity contribution is 5.36. The number of hydrogen-bond donors (Lipinski definition) is 2. The molecule has 0 amide bonds. The molecule has 0 aliphatic heterocycles. The minimum atomic E-state index is 0.293. The molecule has 96 valence electrons. The number of anilines is 1. The number of aromatic nitrogens is 2. The van der Waals surface area contributed by atoms with Crippen molar-refractivity contribution in [2.24, 2.45) is 5.84 Å². The predicted molar refractivity (Wildman–Crippen MR) is 70.4 cm³/mol. The van der Waals surface area contributed by atoms with Gasteiger partial charge in [-0.05, 0) is 24.6 Å². The number of rotatable bonds is 4. The molecule has 0 bridgehead atoms. The maximum absolute atomic E-state index is 8.60. The zero-order valence-electron chi connectivity index (χ0n) is 10.4. The van der Waals surface area contributed by atoms with Crippen molar-refractivity contribution in [1.29, 1.82) is 5.26 Å². The number of nitrogen functional groups attached to an aromatic ring is 1. The summed E-state index contributed by atoms with van der Waals surface area (Å²) < 4.78 is 5.66. The van der Waals surface area contributed by atoms with E-state index >= 15 is 0 Å². The van der Waals surface area contributed by atoms with Gasteiger partial charge >= 0.3 is 0 Å². The van der Waals surface area contributed by atoms with Crippen molar-refractivity contribution in [3.8, 4) is 17.7 Å². The average molecular weight is 255 g/mol. The van der Waals surface area contributed by atoms with Crippen LogP contribution in [0.2, 0.25) is 0 Å². The Kier molecular flexibility index (Phi) is 3.90. The summed E-state index contributed by atoms with van der Waals surface area (Å²) in [7, 11) is 0. The summed E-state index contributed by atoms with van der Waals surface area (Å²) in [5.74, 6) is 6.63. The van der Waals surface area contributed by atoms with Crippen LogP contribution in [0, 0.1) is 18.3 Å². The Morgan fingerprint density at radius 1 is 1.37 bits per heavy atom. The van der Waals surface area contributed by atoms with E-state index in [0.717, 1.165) is 11.1 Å². The van der Waals surface area contributed by atoms with Crippen LogP contribution in [-0.2, 0) is 6.42 Å². The number of nitrogens with one attached hydrogen (secondary N) is 1. The Balaban J connectivity index is 2.19. The third kappa shape index (κ3) is 3.18. The van der Waals surface area contributed by atoms with E-state index in [1.807, 2.05) is 19.1 Å². The van der Waals surface area contributed by atoms with Gasteiger partial charge in [-0.25, -0.2) is 10.8 Å². The molecule has 1 aromatic heterocycles. The standard InChI is InChI=1S/C13H13N5O/c1-9-8-16-13(18-15)17-12(9)19-11-4-2-10(3-5-11)6-7-14/h2-5,8H,6,15H2,1H3,(H,16,17,18). The molecule has 6 nitrogen and oxygen atoms in total. The fraction of sp³-hybridized carbons (Fsp3) is 0.154. The maximum Gasteiger partial charge on any atom is 0.240 e. The van der Waals surface area contributed by atoms with Crippen LogP contribution in [0.15, 0.2) is 30.5 Å².